The number of benzene rings is 1. The maximum atomic E-state index is 2.37. The summed E-state index contributed by atoms with van der Waals surface area (Å²) in [5.74, 6) is 0. The lowest BCUT2D eigenvalue weighted by molar-refractivity contribution is 0.307. The summed E-state index contributed by atoms with van der Waals surface area (Å²) in [4.78, 5) is 4.70. The molecule has 1 unspecified atom stereocenters. The molecule has 2 heteroatoms. The van der Waals surface area contributed by atoms with Gasteiger partial charge in [-0.25, -0.2) is 0 Å². The van der Waals surface area contributed by atoms with Gasteiger partial charge in [0.15, 0.2) is 0 Å². The van der Waals surface area contributed by atoms with Crippen molar-refractivity contribution in [3.63, 3.8) is 0 Å². The highest BCUT2D eigenvalue weighted by Crippen LogP contribution is 2.25. The van der Waals surface area contributed by atoms with Crippen molar-refractivity contribution in [2.24, 2.45) is 0 Å². The van der Waals surface area contributed by atoms with Crippen LogP contribution in [0.3, 0.4) is 0 Å². The average Bonchev–Trinajstić information content (AvgIpc) is 2.72. The van der Waals surface area contributed by atoms with Gasteiger partial charge in [0.1, 0.15) is 6.17 Å². The molecule has 0 fully saturated rings. The van der Waals surface area contributed by atoms with Gasteiger partial charge in [-0.1, -0.05) is 25.1 Å². The van der Waals surface area contributed by atoms with Crippen LogP contribution >= 0.6 is 0 Å². The van der Waals surface area contributed by atoms with Crippen molar-refractivity contribution in [1.82, 2.24) is 4.90 Å². The second-order valence-electron chi connectivity index (χ2n) is 3.76. The topological polar surface area (TPSA) is 6.48 Å². The van der Waals surface area contributed by atoms with Gasteiger partial charge in [-0.2, -0.15) is 0 Å². The number of hydrogen-bond donors (Lipinski definition) is 0. The fourth-order valence-corrected chi connectivity index (χ4v) is 2.12. The minimum atomic E-state index is 0.484. The van der Waals surface area contributed by atoms with Crippen molar-refractivity contribution in [3.8, 4) is 0 Å². The minimum Gasteiger partial charge on any atom is -0.356 e. The zero-order valence-corrected chi connectivity index (χ0v) is 9.43. The van der Waals surface area contributed by atoms with Gasteiger partial charge in [0.2, 0.25) is 0 Å². The molecular formula is C13H18N2. The summed E-state index contributed by atoms with van der Waals surface area (Å²) >= 11 is 0. The summed E-state index contributed by atoms with van der Waals surface area (Å²) in [7, 11) is 0. The van der Waals surface area contributed by atoms with Crippen LogP contribution < -0.4 is 4.90 Å². The standard InChI is InChI=1S/C13H18N2/c1-3-13-14(4-2)10-11-15(13)12-8-6-5-7-9-12/h5-11,13H,3-4H2,1-2H3. The number of hydrogen-bond acceptors (Lipinski definition) is 2. The minimum absolute atomic E-state index is 0.484. The van der Waals surface area contributed by atoms with Crippen molar-refractivity contribution in [2.75, 3.05) is 11.4 Å². The van der Waals surface area contributed by atoms with Crippen LogP contribution in [-0.4, -0.2) is 17.6 Å². The van der Waals surface area contributed by atoms with Crippen molar-refractivity contribution in [2.45, 2.75) is 26.4 Å². The summed E-state index contributed by atoms with van der Waals surface area (Å²) in [6, 6.07) is 10.6. The van der Waals surface area contributed by atoms with E-state index in [1.807, 2.05) is 0 Å². The van der Waals surface area contributed by atoms with Gasteiger partial charge < -0.3 is 9.80 Å². The van der Waals surface area contributed by atoms with Gasteiger partial charge in [-0.15, -0.1) is 0 Å². The number of para-hydroxylation sites is 1. The van der Waals surface area contributed by atoms with Gasteiger partial charge in [0.05, 0.1) is 0 Å². The monoisotopic (exact) mass is 202 g/mol. The lowest BCUT2D eigenvalue weighted by Crippen LogP contribution is -2.37. The maximum Gasteiger partial charge on any atom is 0.105 e. The molecule has 1 heterocycles. The summed E-state index contributed by atoms with van der Waals surface area (Å²) in [6.45, 7) is 5.50. The summed E-state index contributed by atoms with van der Waals surface area (Å²) < 4.78 is 0. The lowest BCUT2D eigenvalue weighted by Gasteiger charge is -2.31. The predicted octanol–water partition coefficient (Wildman–Crippen LogP) is 3.04. The third-order valence-corrected chi connectivity index (χ3v) is 2.91. The van der Waals surface area contributed by atoms with E-state index in [-0.39, 0.29) is 0 Å². The van der Waals surface area contributed by atoms with Gasteiger partial charge >= 0.3 is 0 Å². The molecule has 0 saturated heterocycles. The Bertz CT molecular complexity index is 332. The fraction of sp³-hybridized carbons (Fsp3) is 0.385. The molecule has 0 saturated carbocycles. The molecule has 0 aliphatic carbocycles. The molecule has 0 aromatic heterocycles. The molecule has 1 aromatic carbocycles. The van der Waals surface area contributed by atoms with E-state index in [0.29, 0.717) is 6.17 Å². The molecule has 0 bridgehead atoms. The van der Waals surface area contributed by atoms with E-state index in [0.717, 1.165) is 13.0 Å². The molecule has 1 aliphatic heterocycles. The van der Waals surface area contributed by atoms with Crippen LogP contribution in [0.2, 0.25) is 0 Å². The molecule has 1 aliphatic rings. The Morgan fingerprint density at radius 3 is 2.40 bits per heavy atom. The zero-order chi connectivity index (χ0) is 10.7. The Morgan fingerprint density at radius 1 is 1.07 bits per heavy atom. The van der Waals surface area contributed by atoms with Crippen molar-refractivity contribution >= 4 is 5.69 Å². The van der Waals surface area contributed by atoms with Crippen LogP contribution in [0.1, 0.15) is 20.3 Å². The quantitative estimate of drug-likeness (QED) is 0.743. The first-order valence-electron chi connectivity index (χ1n) is 5.64. The van der Waals surface area contributed by atoms with Crippen molar-refractivity contribution < 1.29 is 0 Å². The molecule has 15 heavy (non-hydrogen) atoms. The van der Waals surface area contributed by atoms with Crippen LogP contribution in [0.15, 0.2) is 42.7 Å². The summed E-state index contributed by atoms with van der Waals surface area (Å²) in [5.41, 5.74) is 1.27. The second-order valence-corrected chi connectivity index (χ2v) is 3.76. The highest BCUT2D eigenvalue weighted by Gasteiger charge is 2.23. The maximum absolute atomic E-state index is 2.37. The first kappa shape index (κ1) is 10.1. The lowest BCUT2D eigenvalue weighted by atomic mass is 10.2. The molecular weight excluding hydrogens is 184 g/mol. The average molecular weight is 202 g/mol. The largest absolute Gasteiger partial charge is 0.356 e. The van der Waals surface area contributed by atoms with E-state index < -0.39 is 0 Å². The van der Waals surface area contributed by atoms with E-state index in [2.05, 4.69) is 66.4 Å². The Morgan fingerprint density at radius 2 is 1.80 bits per heavy atom. The van der Waals surface area contributed by atoms with Crippen molar-refractivity contribution in [1.29, 1.82) is 0 Å². The molecule has 2 rings (SSSR count). The molecule has 1 aromatic rings. The highest BCUT2D eigenvalue weighted by atomic mass is 15.4. The third kappa shape index (κ3) is 1.84. The number of anilines is 1. The molecule has 0 amide bonds. The smallest absolute Gasteiger partial charge is 0.105 e. The zero-order valence-electron chi connectivity index (χ0n) is 9.43. The van der Waals surface area contributed by atoms with Crippen LogP contribution in [-0.2, 0) is 0 Å². The van der Waals surface area contributed by atoms with Gasteiger partial charge in [-0.05, 0) is 25.5 Å². The Kier molecular flexibility index (Phi) is 2.95. The van der Waals surface area contributed by atoms with Crippen molar-refractivity contribution in [3.05, 3.63) is 42.7 Å². The third-order valence-electron chi connectivity index (χ3n) is 2.91. The van der Waals surface area contributed by atoms with E-state index in [4.69, 9.17) is 0 Å². The van der Waals surface area contributed by atoms with E-state index in [1.54, 1.807) is 0 Å². The van der Waals surface area contributed by atoms with Crippen LogP contribution in [0.25, 0.3) is 0 Å². The van der Waals surface area contributed by atoms with Gasteiger partial charge in [0, 0.05) is 24.6 Å². The first-order chi connectivity index (χ1) is 7.36. The summed E-state index contributed by atoms with van der Waals surface area (Å²) in [6.07, 6.45) is 5.97. The van der Waals surface area contributed by atoms with Gasteiger partial charge in [-0.3, -0.25) is 0 Å². The SMILES string of the molecule is CCC1N(CC)C=CN1c1ccccc1. The van der Waals surface area contributed by atoms with Crippen LogP contribution in [0.4, 0.5) is 5.69 Å². The number of rotatable bonds is 3. The van der Waals surface area contributed by atoms with E-state index in [1.165, 1.54) is 5.69 Å². The van der Waals surface area contributed by atoms with Crippen LogP contribution in [0.5, 0.6) is 0 Å². The molecule has 0 radical (unpaired) electrons. The molecule has 0 N–H and O–H groups in total. The van der Waals surface area contributed by atoms with Gasteiger partial charge in [0.25, 0.3) is 0 Å². The number of nitrogens with zero attached hydrogens (tertiary/aromatic N) is 2. The van der Waals surface area contributed by atoms with E-state index >= 15 is 0 Å². The van der Waals surface area contributed by atoms with E-state index in [9.17, 15) is 0 Å². The summed E-state index contributed by atoms with van der Waals surface area (Å²) in [5, 5.41) is 0. The predicted molar refractivity (Wildman–Crippen MR) is 64.5 cm³/mol. The highest BCUT2D eigenvalue weighted by molar-refractivity contribution is 5.51. The van der Waals surface area contributed by atoms with Crippen LogP contribution in [0, 0.1) is 0 Å². The Hall–Kier alpha value is -1.44. The molecule has 2 nitrogen and oxygen atoms in total. The molecule has 1 atom stereocenters. The fourth-order valence-electron chi connectivity index (χ4n) is 2.12. The Labute approximate surface area is 91.8 Å². The first-order valence-corrected chi connectivity index (χ1v) is 5.64. The molecule has 80 valence electrons. The second kappa shape index (κ2) is 4.39. The normalized spacial score (nSPS) is 20.0. The Balaban J connectivity index is 2.21. The molecule has 0 spiro atoms.